The molecule has 106 valence electrons. The van der Waals surface area contributed by atoms with Crippen LogP contribution < -0.4 is 16.0 Å². The summed E-state index contributed by atoms with van der Waals surface area (Å²) in [5.74, 6) is 5.30. The highest BCUT2D eigenvalue weighted by atomic mass is 32.2. The molecule has 6 nitrogen and oxygen atoms in total. The highest BCUT2D eigenvalue weighted by Gasteiger charge is 2.19. The first-order valence-electron chi connectivity index (χ1n) is 6.00. The van der Waals surface area contributed by atoms with Crippen molar-refractivity contribution in [1.82, 2.24) is 9.71 Å². The Morgan fingerprint density at radius 2 is 1.95 bits per heavy atom. The van der Waals surface area contributed by atoms with E-state index in [1.54, 1.807) is 12.1 Å². The van der Waals surface area contributed by atoms with Crippen LogP contribution in [0.4, 0.5) is 5.69 Å². The summed E-state index contributed by atoms with van der Waals surface area (Å²) in [4.78, 5) is 3.86. The maximum atomic E-state index is 12.2. The molecule has 0 aliphatic carbocycles. The molecule has 0 fully saturated rings. The minimum atomic E-state index is -3.72. The lowest BCUT2D eigenvalue weighted by molar-refractivity contribution is 0.577. The molecule has 1 aromatic heterocycles. The zero-order valence-corrected chi connectivity index (χ0v) is 11.8. The summed E-state index contributed by atoms with van der Waals surface area (Å²) in [5.41, 5.74) is 4.52. The average molecular weight is 292 g/mol. The molecule has 0 saturated heterocycles. The maximum absolute atomic E-state index is 12.2. The number of aromatic nitrogens is 1. The molecule has 20 heavy (non-hydrogen) atoms. The van der Waals surface area contributed by atoms with Gasteiger partial charge in [-0.1, -0.05) is 24.3 Å². The van der Waals surface area contributed by atoms with Crippen LogP contribution in [0.5, 0.6) is 0 Å². The van der Waals surface area contributed by atoms with E-state index in [1.807, 2.05) is 31.2 Å². The number of benzene rings is 1. The van der Waals surface area contributed by atoms with Crippen molar-refractivity contribution < 1.29 is 8.42 Å². The highest BCUT2D eigenvalue weighted by molar-refractivity contribution is 7.89. The van der Waals surface area contributed by atoms with Gasteiger partial charge < -0.3 is 5.43 Å². The van der Waals surface area contributed by atoms with Gasteiger partial charge in [0.25, 0.3) is 10.0 Å². The molecule has 0 radical (unpaired) electrons. The minimum absolute atomic E-state index is 0.115. The summed E-state index contributed by atoms with van der Waals surface area (Å²) in [7, 11) is -3.72. The molecule has 0 spiro atoms. The van der Waals surface area contributed by atoms with Gasteiger partial charge in [0, 0.05) is 12.7 Å². The Morgan fingerprint density at radius 1 is 1.20 bits per heavy atom. The highest BCUT2D eigenvalue weighted by Crippen LogP contribution is 2.17. The fourth-order valence-corrected chi connectivity index (χ4v) is 2.86. The van der Waals surface area contributed by atoms with Crippen LogP contribution in [0.1, 0.15) is 11.1 Å². The van der Waals surface area contributed by atoms with E-state index in [0.29, 0.717) is 0 Å². The van der Waals surface area contributed by atoms with Crippen LogP contribution in [0.2, 0.25) is 0 Å². The number of anilines is 1. The molecule has 1 heterocycles. The second-order valence-corrected chi connectivity index (χ2v) is 5.93. The number of aryl methyl sites for hydroxylation is 1. The summed E-state index contributed by atoms with van der Waals surface area (Å²) >= 11 is 0. The van der Waals surface area contributed by atoms with Gasteiger partial charge in [0.2, 0.25) is 0 Å². The van der Waals surface area contributed by atoms with Crippen molar-refractivity contribution >= 4 is 15.7 Å². The third-order valence-corrected chi connectivity index (χ3v) is 4.25. The Bertz CT molecular complexity index is 701. The van der Waals surface area contributed by atoms with Gasteiger partial charge in [0.1, 0.15) is 0 Å². The monoisotopic (exact) mass is 292 g/mol. The standard InChI is InChI=1S/C13H16N4O2S/c1-10-5-2-3-6-11(10)9-16-20(18,19)13-12(17-14)7-4-8-15-13/h2-8,16-17H,9,14H2,1H3. The van der Waals surface area contributed by atoms with Crippen LogP contribution in [-0.2, 0) is 16.6 Å². The second-order valence-electron chi connectivity index (χ2n) is 4.25. The second kappa shape index (κ2) is 6.00. The van der Waals surface area contributed by atoms with Crippen molar-refractivity contribution in [2.24, 2.45) is 5.84 Å². The number of pyridine rings is 1. The van der Waals surface area contributed by atoms with Crippen molar-refractivity contribution in [3.63, 3.8) is 0 Å². The Kier molecular flexibility index (Phi) is 4.33. The van der Waals surface area contributed by atoms with Gasteiger partial charge in [0.15, 0.2) is 5.03 Å². The van der Waals surface area contributed by atoms with Gasteiger partial charge in [-0.15, -0.1) is 0 Å². The Labute approximate surface area is 118 Å². The zero-order chi connectivity index (χ0) is 14.6. The molecule has 4 N–H and O–H groups in total. The maximum Gasteiger partial charge on any atom is 0.260 e. The summed E-state index contributed by atoms with van der Waals surface area (Å²) in [6.07, 6.45) is 1.41. The van der Waals surface area contributed by atoms with E-state index in [0.717, 1.165) is 11.1 Å². The third kappa shape index (κ3) is 3.13. The van der Waals surface area contributed by atoms with E-state index in [1.165, 1.54) is 6.20 Å². The molecule has 2 aromatic rings. The van der Waals surface area contributed by atoms with E-state index in [4.69, 9.17) is 5.84 Å². The molecule has 0 aliphatic rings. The van der Waals surface area contributed by atoms with Gasteiger partial charge in [0.05, 0.1) is 5.69 Å². The molecule has 0 atom stereocenters. The van der Waals surface area contributed by atoms with Gasteiger partial charge in [-0.2, -0.15) is 0 Å². The molecule has 7 heteroatoms. The molecule has 0 aliphatic heterocycles. The third-order valence-electron chi connectivity index (χ3n) is 2.90. The summed E-state index contributed by atoms with van der Waals surface area (Å²) in [5, 5.41) is -0.115. The predicted octanol–water partition coefficient (Wildman–Crippen LogP) is 1.15. The van der Waals surface area contributed by atoms with E-state index < -0.39 is 10.0 Å². The largest absolute Gasteiger partial charge is 0.321 e. The predicted molar refractivity (Wildman–Crippen MR) is 77.3 cm³/mol. The molecule has 1 aromatic carbocycles. The van der Waals surface area contributed by atoms with Crippen LogP contribution in [0.3, 0.4) is 0 Å². The Balaban J connectivity index is 2.22. The Morgan fingerprint density at radius 3 is 2.65 bits per heavy atom. The number of sulfonamides is 1. The lowest BCUT2D eigenvalue weighted by Crippen LogP contribution is -2.26. The molecule has 0 saturated carbocycles. The molecule has 0 unspecified atom stereocenters. The van der Waals surface area contributed by atoms with Crippen molar-refractivity contribution in [1.29, 1.82) is 0 Å². The molecule has 0 bridgehead atoms. The van der Waals surface area contributed by atoms with Gasteiger partial charge in [-0.25, -0.2) is 18.1 Å². The molecule has 0 amide bonds. The average Bonchev–Trinajstić information content (AvgIpc) is 2.46. The quantitative estimate of drug-likeness (QED) is 0.567. The van der Waals surface area contributed by atoms with E-state index in [2.05, 4.69) is 15.1 Å². The fraction of sp³-hybridized carbons (Fsp3) is 0.154. The fourth-order valence-electron chi connectivity index (χ4n) is 1.76. The first kappa shape index (κ1) is 14.4. The van der Waals surface area contributed by atoms with Gasteiger partial charge in [-0.3, -0.25) is 5.84 Å². The molecular weight excluding hydrogens is 276 g/mol. The number of hydrazine groups is 1. The van der Waals surface area contributed by atoms with Crippen LogP contribution in [0, 0.1) is 6.92 Å². The molecular formula is C13H16N4O2S. The zero-order valence-electron chi connectivity index (χ0n) is 11.0. The number of nitrogen functional groups attached to an aromatic ring is 1. The Hall–Kier alpha value is -1.96. The first-order chi connectivity index (χ1) is 9.54. The van der Waals surface area contributed by atoms with E-state index in [-0.39, 0.29) is 17.3 Å². The van der Waals surface area contributed by atoms with Crippen molar-refractivity contribution in [3.05, 3.63) is 53.7 Å². The first-order valence-corrected chi connectivity index (χ1v) is 7.49. The normalized spacial score (nSPS) is 11.3. The number of hydrogen-bond acceptors (Lipinski definition) is 5. The molecule has 2 rings (SSSR count). The van der Waals surface area contributed by atoms with Crippen molar-refractivity contribution in [3.8, 4) is 0 Å². The summed E-state index contributed by atoms with van der Waals surface area (Å²) in [6.45, 7) is 2.13. The number of nitrogens with one attached hydrogen (secondary N) is 2. The van der Waals surface area contributed by atoms with Crippen LogP contribution in [-0.4, -0.2) is 13.4 Å². The number of nitrogens with two attached hydrogens (primary N) is 1. The lowest BCUT2D eigenvalue weighted by atomic mass is 10.1. The number of hydrogen-bond donors (Lipinski definition) is 3. The van der Waals surface area contributed by atoms with E-state index in [9.17, 15) is 8.42 Å². The smallest absolute Gasteiger partial charge is 0.260 e. The van der Waals surface area contributed by atoms with Crippen molar-refractivity contribution in [2.75, 3.05) is 5.43 Å². The van der Waals surface area contributed by atoms with E-state index >= 15 is 0 Å². The minimum Gasteiger partial charge on any atom is -0.321 e. The van der Waals surface area contributed by atoms with Gasteiger partial charge in [-0.05, 0) is 30.2 Å². The lowest BCUT2D eigenvalue weighted by Gasteiger charge is -2.10. The van der Waals surface area contributed by atoms with Gasteiger partial charge >= 0.3 is 0 Å². The van der Waals surface area contributed by atoms with Crippen LogP contribution in [0.15, 0.2) is 47.6 Å². The topological polar surface area (TPSA) is 97.1 Å². The SMILES string of the molecule is Cc1ccccc1CNS(=O)(=O)c1ncccc1NN. The van der Waals surface area contributed by atoms with Crippen molar-refractivity contribution in [2.45, 2.75) is 18.5 Å². The summed E-state index contributed by atoms with van der Waals surface area (Å²) < 4.78 is 27.0. The number of rotatable bonds is 5. The summed E-state index contributed by atoms with van der Waals surface area (Å²) in [6, 6.07) is 10.7. The number of nitrogens with zero attached hydrogens (tertiary/aromatic N) is 1. The van der Waals surface area contributed by atoms with Crippen LogP contribution >= 0.6 is 0 Å². The van der Waals surface area contributed by atoms with Crippen LogP contribution in [0.25, 0.3) is 0 Å².